The zero-order chi connectivity index (χ0) is 10.3. The number of carbonyl (C=O) groups is 1. The Balaban J connectivity index is 2.49. The summed E-state index contributed by atoms with van der Waals surface area (Å²) < 4.78 is 13.1. The van der Waals surface area contributed by atoms with Crippen molar-refractivity contribution in [1.82, 2.24) is 4.90 Å². The number of amides is 1. The topological polar surface area (TPSA) is 60.8 Å². The zero-order valence-corrected chi connectivity index (χ0v) is 7.75. The summed E-state index contributed by atoms with van der Waals surface area (Å²) >= 11 is 0. The highest BCUT2D eigenvalue weighted by Crippen LogP contribution is 2.26. The predicted octanol–water partition coefficient (Wildman–Crippen LogP) is -0.700. The van der Waals surface area contributed by atoms with Crippen LogP contribution in [0.2, 0.25) is 0 Å². The molecule has 1 aliphatic rings. The average molecular weight is 191 g/mol. The highest BCUT2D eigenvalue weighted by Gasteiger charge is 2.48. The van der Waals surface area contributed by atoms with Crippen molar-refractivity contribution in [1.29, 1.82) is 0 Å². The van der Waals surface area contributed by atoms with E-state index in [4.69, 9.17) is 5.11 Å². The Morgan fingerprint density at radius 3 is 2.38 bits per heavy atom. The predicted molar refractivity (Wildman–Crippen MR) is 43.8 cm³/mol. The second-order valence-electron chi connectivity index (χ2n) is 4.03. The Labute approximate surface area is 76.0 Å². The molecule has 0 aromatic rings. The fraction of sp³-hybridized carbons (Fsp3) is 0.875. The van der Waals surface area contributed by atoms with Gasteiger partial charge in [-0.2, -0.15) is 0 Å². The summed E-state index contributed by atoms with van der Waals surface area (Å²) in [7, 11) is 0. The highest BCUT2D eigenvalue weighted by atomic mass is 19.1. The lowest BCUT2D eigenvalue weighted by atomic mass is 9.94. The van der Waals surface area contributed by atoms with Crippen molar-refractivity contribution in [3.05, 3.63) is 0 Å². The first kappa shape index (κ1) is 10.4. The maximum absolute atomic E-state index is 13.1. The molecule has 1 fully saturated rings. The van der Waals surface area contributed by atoms with E-state index in [2.05, 4.69) is 0 Å². The molecule has 1 rings (SSSR count). The van der Waals surface area contributed by atoms with Gasteiger partial charge in [0.25, 0.3) is 5.91 Å². The summed E-state index contributed by atoms with van der Waals surface area (Å²) in [5, 5.41) is 17.9. The Morgan fingerprint density at radius 1 is 1.62 bits per heavy atom. The van der Waals surface area contributed by atoms with E-state index in [-0.39, 0.29) is 13.1 Å². The number of carbonyl (C=O) groups excluding carboxylic acids is 1. The number of hydrogen-bond donors (Lipinski definition) is 2. The van der Waals surface area contributed by atoms with Crippen LogP contribution in [0.15, 0.2) is 0 Å². The lowest BCUT2D eigenvalue weighted by Crippen LogP contribution is -2.65. The fourth-order valence-electron chi connectivity index (χ4n) is 1.27. The summed E-state index contributed by atoms with van der Waals surface area (Å²) in [6, 6.07) is 0. The van der Waals surface area contributed by atoms with Crippen molar-refractivity contribution in [2.45, 2.75) is 25.1 Å². The van der Waals surface area contributed by atoms with E-state index in [0.29, 0.717) is 0 Å². The van der Waals surface area contributed by atoms with Gasteiger partial charge in [0.05, 0.1) is 19.7 Å². The molecule has 0 bridgehead atoms. The standard InChI is InChI=1S/C8H14FNO3/c1-7(2,13)6(12)10-3-8(9,4-10)5-11/h11,13H,3-5H2,1-2H3. The van der Waals surface area contributed by atoms with Gasteiger partial charge in [0, 0.05) is 0 Å². The monoisotopic (exact) mass is 191 g/mol. The number of aliphatic hydroxyl groups is 2. The molecular formula is C8H14FNO3. The van der Waals surface area contributed by atoms with E-state index in [0.717, 1.165) is 0 Å². The number of hydrogen-bond acceptors (Lipinski definition) is 3. The number of halogens is 1. The Morgan fingerprint density at radius 2 is 2.08 bits per heavy atom. The molecule has 1 amide bonds. The van der Waals surface area contributed by atoms with Crippen LogP contribution in [-0.4, -0.2) is 52.0 Å². The third kappa shape index (κ3) is 1.97. The zero-order valence-electron chi connectivity index (χ0n) is 7.75. The van der Waals surface area contributed by atoms with Gasteiger partial charge in [0.15, 0.2) is 5.67 Å². The van der Waals surface area contributed by atoms with Crippen molar-refractivity contribution >= 4 is 5.91 Å². The number of alkyl halides is 1. The molecule has 1 saturated heterocycles. The molecule has 0 radical (unpaired) electrons. The van der Waals surface area contributed by atoms with Crippen LogP contribution in [0.5, 0.6) is 0 Å². The quantitative estimate of drug-likeness (QED) is 0.606. The maximum atomic E-state index is 13.1. The second kappa shape index (κ2) is 2.92. The van der Waals surface area contributed by atoms with Crippen LogP contribution in [0.4, 0.5) is 4.39 Å². The van der Waals surface area contributed by atoms with Gasteiger partial charge in [-0.25, -0.2) is 4.39 Å². The number of aliphatic hydroxyl groups excluding tert-OH is 1. The van der Waals surface area contributed by atoms with Crippen LogP contribution in [0.3, 0.4) is 0 Å². The van der Waals surface area contributed by atoms with Crippen LogP contribution < -0.4 is 0 Å². The van der Waals surface area contributed by atoms with Gasteiger partial charge in [-0.15, -0.1) is 0 Å². The lowest BCUT2D eigenvalue weighted by molar-refractivity contribution is -0.165. The summed E-state index contributed by atoms with van der Waals surface area (Å²) in [5.41, 5.74) is -3.13. The molecule has 13 heavy (non-hydrogen) atoms. The molecule has 1 heterocycles. The van der Waals surface area contributed by atoms with Crippen molar-refractivity contribution in [3.63, 3.8) is 0 Å². The van der Waals surface area contributed by atoms with E-state index < -0.39 is 23.8 Å². The molecule has 0 saturated carbocycles. The van der Waals surface area contributed by atoms with Crippen LogP contribution in [0.25, 0.3) is 0 Å². The number of nitrogens with zero attached hydrogens (tertiary/aromatic N) is 1. The van der Waals surface area contributed by atoms with E-state index in [9.17, 15) is 14.3 Å². The first-order chi connectivity index (χ1) is 5.78. The first-order valence-electron chi connectivity index (χ1n) is 4.10. The molecule has 0 unspecified atom stereocenters. The number of rotatable bonds is 2. The largest absolute Gasteiger partial charge is 0.393 e. The Hall–Kier alpha value is -0.680. The minimum atomic E-state index is -1.67. The van der Waals surface area contributed by atoms with Gasteiger partial charge >= 0.3 is 0 Å². The average Bonchev–Trinajstić information content (AvgIpc) is 1.95. The molecule has 2 N–H and O–H groups in total. The Bertz CT molecular complexity index is 218. The second-order valence-corrected chi connectivity index (χ2v) is 4.03. The van der Waals surface area contributed by atoms with Gasteiger partial charge in [-0.1, -0.05) is 0 Å². The van der Waals surface area contributed by atoms with E-state index in [1.807, 2.05) is 0 Å². The first-order valence-corrected chi connectivity index (χ1v) is 4.10. The van der Waals surface area contributed by atoms with Crippen LogP contribution in [-0.2, 0) is 4.79 Å². The van der Waals surface area contributed by atoms with Crippen LogP contribution in [0, 0.1) is 0 Å². The molecule has 1 aliphatic heterocycles. The molecular weight excluding hydrogens is 177 g/mol. The Kier molecular flexibility index (Phi) is 2.34. The molecule has 0 aliphatic carbocycles. The summed E-state index contributed by atoms with van der Waals surface area (Å²) in [5.74, 6) is -0.505. The molecule has 0 spiro atoms. The molecule has 5 heteroatoms. The smallest absolute Gasteiger partial charge is 0.254 e. The number of likely N-dealkylation sites (tertiary alicyclic amines) is 1. The molecule has 4 nitrogen and oxygen atoms in total. The van der Waals surface area contributed by atoms with E-state index in [1.54, 1.807) is 0 Å². The molecule has 0 aromatic carbocycles. The van der Waals surface area contributed by atoms with Gasteiger partial charge in [-0.05, 0) is 13.8 Å². The summed E-state index contributed by atoms with van der Waals surface area (Å²) in [6.07, 6.45) is 0. The van der Waals surface area contributed by atoms with E-state index in [1.165, 1.54) is 18.7 Å². The van der Waals surface area contributed by atoms with Gasteiger partial charge in [0.2, 0.25) is 0 Å². The van der Waals surface area contributed by atoms with Crippen molar-refractivity contribution in [2.75, 3.05) is 19.7 Å². The summed E-state index contributed by atoms with van der Waals surface area (Å²) in [6.45, 7) is 1.86. The van der Waals surface area contributed by atoms with Gasteiger partial charge < -0.3 is 15.1 Å². The molecule has 76 valence electrons. The fourth-order valence-corrected chi connectivity index (χ4v) is 1.27. The third-order valence-corrected chi connectivity index (χ3v) is 2.04. The van der Waals surface area contributed by atoms with Crippen LogP contribution in [0.1, 0.15) is 13.8 Å². The minimum absolute atomic E-state index is 0.133. The van der Waals surface area contributed by atoms with Crippen LogP contribution >= 0.6 is 0 Å². The molecule has 0 atom stereocenters. The third-order valence-electron chi connectivity index (χ3n) is 2.04. The molecule has 0 aromatic heterocycles. The normalized spacial score (nSPS) is 21.2. The van der Waals surface area contributed by atoms with Crippen molar-refractivity contribution in [2.24, 2.45) is 0 Å². The summed E-state index contributed by atoms with van der Waals surface area (Å²) in [4.78, 5) is 12.5. The van der Waals surface area contributed by atoms with Gasteiger partial charge in [0.1, 0.15) is 5.60 Å². The maximum Gasteiger partial charge on any atom is 0.254 e. The minimum Gasteiger partial charge on any atom is -0.393 e. The van der Waals surface area contributed by atoms with Gasteiger partial charge in [-0.3, -0.25) is 4.79 Å². The SMILES string of the molecule is CC(C)(O)C(=O)N1CC(F)(CO)C1. The highest BCUT2D eigenvalue weighted by molar-refractivity contribution is 5.85. The van der Waals surface area contributed by atoms with E-state index >= 15 is 0 Å². The van der Waals surface area contributed by atoms with Crippen molar-refractivity contribution in [3.8, 4) is 0 Å². The van der Waals surface area contributed by atoms with Crippen molar-refractivity contribution < 1.29 is 19.4 Å². The lowest BCUT2D eigenvalue weighted by Gasteiger charge is -2.45.